The number of amides is 1. The van der Waals surface area contributed by atoms with Crippen LogP contribution in [0, 0.1) is 5.41 Å². The number of benzene rings is 2. The summed E-state index contributed by atoms with van der Waals surface area (Å²) in [7, 11) is 1.65. The van der Waals surface area contributed by atoms with Crippen LogP contribution in [0.5, 0.6) is 5.75 Å². The third-order valence-electron chi connectivity index (χ3n) is 6.15. The molecule has 2 aromatic carbocycles. The number of methoxy groups -OCH3 is 1. The first-order valence-electron chi connectivity index (χ1n) is 11.6. The van der Waals surface area contributed by atoms with E-state index in [4.69, 9.17) is 9.72 Å². The van der Waals surface area contributed by atoms with Gasteiger partial charge in [-0.1, -0.05) is 45.0 Å². The zero-order valence-corrected chi connectivity index (χ0v) is 20.2. The minimum Gasteiger partial charge on any atom is -0.497 e. The van der Waals surface area contributed by atoms with Crippen LogP contribution in [0.2, 0.25) is 0 Å². The van der Waals surface area contributed by atoms with Crippen molar-refractivity contribution in [2.24, 2.45) is 5.41 Å². The van der Waals surface area contributed by atoms with Gasteiger partial charge >= 0.3 is 0 Å². The zero-order chi connectivity index (χ0) is 23.9. The van der Waals surface area contributed by atoms with Crippen molar-refractivity contribution >= 4 is 28.4 Å². The van der Waals surface area contributed by atoms with E-state index in [2.05, 4.69) is 35.9 Å². The van der Waals surface area contributed by atoms with Crippen LogP contribution in [0.25, 0.3) is 27.9 Å². The SMILES string of the molecule is COc1cccc(-c2nnc3c4ccccc4nc(N4CCN(C(=O)CC(C)(C)C)CC4)n23)c1. The standard InChI is InChI=1S/C26H30N6O2/c1-26(2,3)17-22(33)30-12-14-31(15-13-30)25-27-21-11-6-5-10-20(21)24-29-28-23(32(24)25)18-8-7-9-19(16-18)34-4/h5-11,16H,12-15,17H2,1-4H3. The maximum atomic E-state index is 12.8. The van der Waals surface area contributed by atoms with E-state index in [-0.39, 0.29) is 11.3 Å². The van der Waals surface area contributed by atoms with Gasteiger partial charge in [-0.15, -0.1) is 10.2 Å². The normalized spacial score (nSPS) is 14.7. The van der Waals surface area contributed by atoms with Gasteiger partial charge in [0, 0.05) is 43.5 Å². The number of piperazine rings is 1. The Balaban J connectivity index is 1.55. The third kappa shape index (κ3) is 4.16. The van der Waals surface area contributed by atoms with Crippen LogP contribution in [-0.4, -0.2) is 63.7 Å². The number of carbonyl (C=O) groups is 1. The Morgan fingerprint density at radius 2 is 1.76 bits per heavy atom. The molecule has 1 amide bonds. The van der Waals surface area contributed by atoms with E-state index in [1.54, 1.807) is 7.11 Å². The average Bonchev–Trinajstić information content (AvgIpc) is 3.28. The van der Waals surface area contributed by atoms with E-state index in [9.17, 15) is 4.79 Å². The van der Waals surface area contributed by atoms with E-state index >= 15 is 0 Å². The minimum absolute atomic E-state index is 0.0194. The summed E-state index contributed by atoms with van der Waals surface area (Å²) in [6, 6.07) is 15.8. The van der Waals surface area contributed by atoms with Crippen LogP contribution < -0.4 is 9.64 Å². The summed E-state index contributed by atoms with van der Waals surface area (Å²) in [5, 5.41) is 10.1. The Morgan fingerprint density at radius 1 is 1.00 bits per heavy atom. The predicted octanol–water partition coefficient (Wildman–Crippen LogP) is 4.04. The van der Waals surface area contributed by atoms with Crippen molar-refractivity contribution in [1.29, 1.82) is 0 Å². The zero-order valence-electron chi connectivity index (χ0n) is 20.2. The van der Waals surface area contributed by atoms with Crippen molar-refractivity contribution in [3.05, 3.63) is 48.5 Å². The summed E-state index contributed by atoms with van der Waals surface area (Å²) in [5.74, 6) is 2.48. The number of fused-ring (bicyclic) bond motifs is 3. The van der Waals surface area contributed by atoms with Crippen LogP contribution >= 0.6 is 0 Å². The van der Waals surface area contributed by atoms with Crippen molar-refractivity contribution in [3.63, 3.8) is 0 Å². The largest absolute Gasteiger partial charge is 0.497 e. The van der Waals surface area contributed by atoms with Crippen molar-refractivity contribution in [2.75, 3.05) is 38.2 Å². The molecule has 34 heavy (non-hydrogen) atoms. The molecule has 1 aliphatic heterocycles. The second-order valence-electron chi connectivity index (χ2n) is 9.95. The quantitative estimate of drug-likeness (QED) is 0.460. The first kappa shape index (κ1) is 22.1. The lowest BCUT2D eigenvalue weighted by molar-refractivity contribution is -0.133. The molecule has 3 heterocycles. The van der Waals surface area contributed by atoms with Gasteiger partial charge in [-0.2, -0.15) is 0 Å². The van der Waals surface area contributed by atoms with Crippen molar-refractivity contribution in [1.82, 2.24) is 24.5 Å². The maximum absolute atomic E-state index is 12.8. The van der Waals surface area contributed by atoms with Crippen molar-refractivity contribution < 1.29 is 9.53 Å². The Labute approximate surface area is 199 Å². The summed E-state index contributed by atoms with van der Waals surface area (Å²) in [4.78, 5) is 22.0. The molecule has 4 aromatic rings. The molecule has 1 aliphatic rings. The number of nitrogens with zero attached hydrogens (tertiary/aromatic N) is 6. The Hall–Kier alpha value is -3.68. The van der Waals surface area contributed by atoms with Gasteiger partial charge in [-0.25, -0.2) is 9.38 Å². The number of para-hydroxylation sites is 1. The molecule has 0 N–H and O–H groups in total. The number of ether oxygens (including phenoxy) is 1. The van der Waals surface area contributed by atoms with Crippen LogP contribution in [0.15, 0.2) is 48.5 Å². The van der Waals surface area contributed by atoms with Gasteiger partial charge in [-0.3, -0.25) is 4.79 Å². The molecule has 0 atom stereocenters. The summed E-state index contributed by atoms with van der Waals surface area (Å²) in [6.45, 7) is 9.04. The molecule has 0 radical (unpaired) electrons. The third-order valence-corrected chi connectivity index (χ3v) is 6.15. The second kappa shape index (κ2) is 8.59. The monoisotopic (exact) mass is 458 g/mol. The fourth-order valence-electron chi connectivity index (χ4n) is 4.45. The number of rotatable bonds is 4. The number of hydrogen-bond donors (Lipinski definition) is 0. The van der Waals surface area contributed by atoms with Crippen LogP contribution in [-0.2, 0) is 4.79 Å². The Morgan fingerprint density at radius 3 is 2.50 bits per heavy atom. The minimum atomic E-state index is -0.0194. The van der Waals surface area contributed by atoms with Gasteiger partial charge in [0.15, 0.2) is 11.5 Å². The van der Waals surface area contributed by atoms with Gasteiger partial charge in [0.05, 0.1) is 12.6 Å². The molecule has 0 bridgehead atoms. The highest BCUT2D eigenvalue weighted by atomic mass is 16.5. The summed E-state index contributed by atoms with van der Waals surface area (Å²) >= 11 is 0. The van der Waals surface area contributed by atoms with Gasteiger partial charge < -0.3 is 14.5 Å². The molecule has 1 saturated heterocycles. The van der Waals surface area contributed by atoms with Crippen molar-refractivity contribution in [2.45, 2.75) is 27.2 Å². The van der Waals surface area contributed by atoms with E-state index in [0.29, 0.717) is 38.4 Å². The van der Waals surface area contributed by atoms with Gasteiger partial charge in [0.1, 0.15) is 5.75 Å². The van der Waals surface area contributed by atoms with Crippen LogP contribution in [0.1, 0.15) is 27.2 Å². The molecular weight excluding hydrogens is 428 g/mol. The second-order valence-corrected chi connectivity index (χ2v) is 9.95. The molecule has 8 heteroatoms. The topological polar surface area (TPSA) is 75.9 Å². The lowest BCUT2D eigenvalue weighted by Gasteiger charge is -2.36. The van der Waals surface area contributed by atoms with E-state index in [1.165, 1.54) is 0 Å². The molecule has 0 aliphatic carbocycles. The lowest BCUT2D eigenvalue weighted by atomic mass is 9.91. The molecule has 0 saturated carbocycles. The molecule has 5 rings (SSSR count). The molecule has 176 valence electrons. The highest BCUT2D eigenvalue weighted by Gasteiger charge is 2.27. The molecular formula is C26H30N6O2. The Kier molecular flexibility index (Phi) is 5.59. The first-order valence-corrected chi connectivity index (χ1v) is 11.6. The van der Waals surface area contributed by atoms with Crippen LogP contribution in [0.3, 0.4) is 0 Å². The lowest BCUT2D eigenvalue weighted by Crippen LogP contribution is -2.50. The smallest absolute Gasteiger partial charge is 0.223 e. The highest BCUT2D eigenvalue weighted by Crippen LogP contribution is 2.30. The number of aromatic nitrogens is 4. The highest BCUT2D eigenvalue weighted by molar-refractivity contribution is 5.93. The van der Waals surface area contributed by atoms with E-state index in [1.807, 2.05) is 57.8 Å². The predicted molar refractivity (Wildman–Crippen MR) is 133 cm³/mol. The van der Waals surface area contributed by atoms with Gasteiger partial charge in [0.2, 0.25) is 11.9 Å². The van der Waals surface area contributed by atoms with Crippen molar-refractivity contribution in [3.8, 4) is 17.1 Å². The fourth-order valence-corrected chi connectivity index (χ4v) is 4.45. The van der Waals surface area contributed by atoms with Crippen LogP contribution in [0.4, 0.5) is 5.95 Å². The first-order chi connectivity index (χ1) is 16.3. The fraction of sp³-hybridized carbons (Fsp3) is 0.385. The number of anilines is 1. The maximum Gasteiger partial charge on any atom is 0.223 e. The van der Waals surface area contributed by atoms with E-state index < -0.39 is 0 Å². The molecule has 1 fully saturated rings. The molecule has 2 aromatic heterocycles. The molecule has 8 nitrogen and oxygen atoms in total. The van der Waals surface area contributed by atoms with Gasteiger partial charge in [0.25, 0.3) is 0 Å². The average molecular weight is 459 g/mol. The molecule has 0 unspecified atom stereocenters. The van der Waals surface area contributed by atoms with E-state index in [0.717, 1.165) is 33.8 Å². The summed E-state index contributed by atoms with van der Waals surface area (Å²) < 4.78 is 7.46. The Bertz CT molecular complexity index is 1350. The number of hydrogen-bond acceptors (Lipinski definition) is 6. The molecule has 0 spiro atoms. The number of carbonyl (C=O) groups excluding carboxylic acids is 1. The van der Waals surface area contributed by atoms with Gasteiger partial charge in [-0.05, 0) is 29.7 Å². The summed E-state index contributed by atoms with van der Waals surface area (Å²) in [6.07, 6.45) is 0.552. The summed E-state index contributed by atoms with van der Waals surface area (Å²) in [5.41, 5.74) is 2.53.